The van der Waals surface area contributed by atoms with Gasteiger partial charge in [0.15, 0.2) is 0 Å². The van der Waals surface area contributed by atoms with Crippen LogP contribution in [0, 0.1) is 0 Å². The van der Waals surface area contributed by atoms with E-state index in [9.17, 15) is 0 Å². The van der Waals surface area contributed by atoms with Crippen LogP contribution in [0.1, 0.15) is 24.8 Å². The Hall–Kier alpha value is -1.39. The molecule has 0 aliphatic carbocycles. The van der Waals surface area contributed by atoms with Gasteiger partial charge in [0, 0.05) is 11.5 Å². The third kappa shape index (κ3) is 1.91. The number of imidazole rings is 1. The molecule has 0 radical (unpaired) electrons. The number of aromatic nitrogens is 3. The average Bonchev–Trinajstić information content (AvgIpc) is 2.87. The Kier molecular flexibility index (Phi) is 2.84. The van der Waals surface area contributed by atoms with Gasteiger partial charge in [-0.1, -0.05) is 55.0 Å². The molecule has 0 spiro atoms. The molecule has 92 valence electrons. The first-order chi connectivity index (χ1) is 8.65. The minimum absolute atomic E-state index is 0.431. The lowest BCUT2D eigenvalue weighted by molar-refractivity contribution is 0.802. The number of benzene rings is 1. The first kappa shape index (κ1) is 11.7. The van der Waals surface area contributed by atoms with E-state index >= 15 is 0 Å². The van der Waals surface area contributed by atoms with E-state index in [4.69, 9.17) is 11.6 Å². The molecule has 0 atom stereocenters. The summed E-state index contributed by atoms with van der Waals surface area (Å²) < 4.78 is 1.83. The molecule has 18 heavy (non-hydrogen) atoms. The second-order valence-corrected chi connectivity index (χ2v) is 5.82. The smallest absolute Gasteiger partial charge is 0.212 e. The van der Waals surface area contributed by atoms with Crippen molar-refractivity contribution in [1.82, 2.24) is 14.6 Å². The maximum atomic E-state index is 6.17. The summed E-state index contributed by atoms with van der Waals surface area (Å²) in [6, 6.07) is 7.72. The first-order valence-corrected chi connectivity index (χ1v) is 6.95. The molecule has 3 aromatic rings. The van der Waals surface area contributed by atoms with Gasteiger partial charge >= 0.3 is 0 Å². The molecule has 3 rings (SSSR count). The molecule has 0 saturated carbocycles. The number of halogens is 1. The van der Waals surface area contributed by atoms with Crippen molar-refractivity contribution < 1.29 is 0 Å². The van der Waals surface area contributed by atoms with Gasteiger partial charge in [-0.2, -0.15) is 5.10 Å². The van der Waals surface area contributed by atoms with E-state index in [2.05, 4.69) is 23.9 Å². The zero-order chi connectivity index (χ0) is 12.7. The third-order valence-electron chi connectivity index (χ3n) is 2.70. The summed E-state index contributed by atoms with van der Waals surface area (Å²) in [4.78, 5) is 5.49. The van der Waals surface area contributed by atoms with Gasteiger partial charge in [-0.25, -0.2) is 9.50 Å². The SMILES string of the molecule is CC(C)c1nn2cc(-c3ccccc3Cl)nc2s1. The van der Waals surface area contributed by atoms with Crippen LogP contribution in [0.4, 0.5) is 0 Å². The van der Waals surface area contributed by atoms with Gasteiger partial charge in [-0.3, -0.25) is 0 Å². The molecule has 1 aromatic carbocycles. The molecule has 0 N–H and O–H groups in total. The maximum Gasteiger partial charge on any atom is 0.212 e. The molecule has 0 aliphatic heterocycles. The topological polar surface area (TPSA) is 30.2 Å². The van der Waals surface area contributed by atoms with Crippen LogP contribution in [0.25, 0.3) is 16.2 Å². The molecular weight excluding hydrogens is 266 g/mol. The Morgan fingerprint density at radius 2 is 2.06 bits per heavy atom. The summed E-state index contributed by atoms with van der Waals surface area (Å²) in [7, 11) is 0. The largest absolute Gasteiger partial charge is 0.217 e. The number of fused-ring (bicyclic) bond motifs is 1. The molecule has 2 heterocycles. The molecule has 0 saturated heterocycles. The van der Waals surface area contributed by atoms with Crippen molar-refractivity contribution in [2.24, 2.45) is 0 Å². The summed E-state index contributed by atoms with van der Waals surface area (Å²) in [6.45, 7) is 4.26. The number of rotatable bonds is 2. The first-order valence-electron chi connectivity index (χ1n) is 5.76. The summed E-state index contributed by atoms with van der Waals surface area (Å²) in [5.41, 5.74) is 1.82. The van der Waals surface area contributed by atoms with Crippen LogP contribution in [-0.2, 0) is 0 Å². The molecule has 0 unspecified atom stereocenters. The highest BCUT2D eigenvalue weighted by Gasteiger charge is 2.12. The molecule has 0 amide bonds. The van der Waals surface area contributed by atoms with E-state index < -0.39 is 0 Å². The summed E-state index contributed by atoms with van der Waals surface area (Å²) >= 11 is 7.79. The van der Waals surface area contributed by atoms with E-state index in [0.29, 0.717) is 10.9 Å². The van der Waals surface area contributed by atoms with Crippen molar-refractivity contribution in [3.8, 4) is 11.3 Å². The van der Waals surface area contributed by atoms with Crippen LogP contribution in [0.5, 0.6) is 0 Å². The van der Waals surface area contributed by atoms with Crippen molar-refractivity contribution in [3.63, 3.8) is 0 Å². The lowest BCUT2D eigenvalue weighted by Gasteiger charge is -1.98. The van der Waals surface area contributed by atoms with Crippen LogP contribution in [0.3, 0.4) is 0 Å². The molecule has 3 nitrogen and oxygen atoms in total. The van der Waals surface area contributed by atoms with Gasteiger partial charge in [-0.05, 0) is 6.07 Å². The fraction of sp³-hybridized carbons (Fsp3) is 0.231. The van der Waals surface area contributed by atoms with Crippen LogP contribution in [-0.4, -0.2) is 14.6 Å². The molecule has 0 bridgehead atoms. The van der Waals surface area contributed by atoms with Gasteiger partial charge in [0.1, 0.15) is 5.01 Å². The third-order valence-corrected chi connectivity index (χ3v) is 4.26. The normalized spacial score (nSPS) is 11.6. The molecule has 0 fully saturated rings. The van der Waals surface area contributed by atoms with Gasteiger partial charge < -0.3 is 0 Å². The van der Waals surface area contributed by atoms with Crippen molar-refractivity contribution in [2.45, 2.75) is 19.8 Å². The van der Waals surface area contributed by atoms with E-state index in [0.717, 1.165) is 21.2 Å². The predicted molar refractivity (Wildman–Crippen MR) is 75.4 cm³/mol. The number of hydrogen-bond donors (Lipinski definition) is 0. The average molecular weight is 278 g/mol. The van der Waals surface area contributed by atoms with Crippen LogP contribution >= 0.6 is 22.9 Å². The fourth-order valence-corrected chi connectivity index (χ4v) is 2.86. The number of hydrogen-bond acceptors (Lipinski definition) is 3. The van der Waals surface area contributed by atoms with Crippen molar-refractivity contribution >= 4 is 27.9 Å². The van der Waals surface area contributed by atoms with E-state index in [1.807, 2.05) is 35.0 Å². The Balaban J connectivity index is 2.10. The van der Waals surface area contributed by atoms with Crippen molar-refractivity contribution in [3.05, 3.63) is 40.5 Å². The minimum Gasteiger partial charge on any atom is -0.217 e. The van der Waals surface area contributed by atoms with Gasteiger partial charge in [0.2, 0.25) is 4.96 Å². The van der Waals surface area contributed by atoms with Crippen LogP contribution < -0.4 is 0 Å². The van der Waals surface area contributed by atoms with Crippen LogP contribution in [0.2, 0.25) is 5.02 Å². The van der Waals surface area contributed by atoms with Crippen LogP contribution in [0.15, 0.2) is 30.5 Å². The molecule has 0 aliphatic rings. The highest BCUT2D eigenvalue weighted by molar-refractivity contribution is 7.16. The monoisotopic (exact) mass is 277 g/mol. The highest BCUT2D eigenvalue weighted by atomic mass is 35.5. The maximum absolute atomic E-state index is 6.17. The quantitative estimate of drug-likeness (QED) is 0.701. The second-order valence-electron chi connectivity index (χ2n) is 4.43. The zero-order valence-corrected chi connectivity index (χ0v) is 11.7. The van der Waals surface area contributed by atoms with Crippen molar-refractivity contribution in [1.29, 1.82) is 0 Å². The zero-order valence-electron chi connectivity index (χ0n) is 10.1. The van der Waals surface area contributed by atoms with E-state index in [1.54, 1.807) is 11.3 Å². The standard InChI is InChI=1S/C13H12ClN3S/c1-8(2)12-16-17-7-11(15-13(17)18-12)9-5-3-4-6-10(9)14/h3-8H,1-2H3. The highest BCUT2D eigenvalue weighted by Crippen LogP contribution is 2.29. The second kappa shape index (κ2) is 4.37. The Bertz CT molecular complexity index is 668. The lowest BCUT2D eigenvalue weighted by Crippen LogP contribution is -1.88. The molecule has 2 aromatic heterocycles. The fourth-order valence-electron chi connectivity index (χ4n) is 1.75. The van der Waals surface area contributed by atoms with Gasteiger partial charge in [0.25, 0.3) is 0 Å². The van der Waals surface area contributed by atoms with Gasteiger partial charge in [0.05, 0.1) is 16.9 Å². The van der Waals surface area contributed by atoms with E-state index in [1.165, 1.54) is 0 Å². The summed E-state index contributed by atoms with van der Waals surface area (Å²) in [5.74, 6) is 0.431. The minimum atomic E-state index is 0.431. The summed E-state index contributed by atoms with van der Waals surface area (Å²) in [5, 5.41) is 6.33. The Labute approximate surface area is 114 Å². The number of nitrogens with zero attached hydrogens (tertiary/aromatic N) is 3. The Morgan fingerprint density at radius 1 is 1.28 bits per heavy atom. The lowest BCUT2D eigenvalue weighted by atomic mass is 10.2. The van der Waals surface area contributed by atoms with E-state index in [-0.39, 0.29) is 0 Å². The summed E-state index contributed by atoms with van der Waals surface area (Å²) in [6.07, 6.45) is 1.93. The Morgan fingerprint density at radius 3 is 2.72 bits per heavy atom. The molecular formula is C13H12ClN3S. The molecule has 5 heteroatoms. The van der Waals surface area contributed by atoms with Crippen molar-refractivity contribution in [2.75, 3.05) is 0 Å². The predicted octanol–water partition coefficient (Wildman–Crippen LogP) is 4.23. The van der Waals surface area contributed by atoms with Gasteiger partial charge in [-0.15, -0.1) is 0 Å².